The van der Waals surface area contributed by atoms with E-state index in [2.05, 4.69) is 0 Å². The van der Waals surface area contributed by atoms with E-state index in [1.54, 1.807) is 18.2 Å². The molecule has 1 aliphatic heterocycles. The summed E-state index contributed by atoms with van der Waals surface area (Å²) in [6.07, 6.45) is -0.192. The summed E-state index contributed by atoms with van der Waals surface area (Å²) in [7, 11) is 0. The molecular weight excluding hydrogens is 257 g/mol. The molecule has 0 spiro atoms. The van der Waals surface area contributed by atoms with Gasteiger partial charge in [-0.15, -0.1) is 0 Å². The van der Waals surface area contributed by atoms with Gasteiger partial charge in [0, 0.05) is 16.9 Å². The van der Waals surface area contributed by atoms with Crippen LogP contribution in [0.25, 0.3) is 0 Å². The van der Waals surface area contributed by atoms with Gasteiger partial charge in [0.1, 0.15) is 11.7 Å². The second-order valence-electron chi connectivity index (χ2n) is 4.63. The molecule has 4 N–H and O–H groups in total. The van der Waals surface area contributed by atoms with Crippen molar-refractivity contribution in [1.82, 2.24) is 0 Å². The Hall–Kier alpha value is -1.95. The summed E-state index contributed by atoms with van der Waals surface area (Å²) in [5.41, 5.74) is 9.83. The molecule has 1 aromatic rings. The fourth-order valence-corrected chi connectivity index (χ4v) is 2.36. The first-order valence-electron chi connectivity index (χ1n) is 5.64. The topological polar surface area (TPSA) is 64.6 Å². The Balaban J connectivity index is 2.11. The van der Waals surface area contributed by atoms with E-state index in [1.807, 2.05) is 0 Å². The number of epoxide rings is 1. The van der Waals surface area contributed by atoms with Gasteiger partial charge in [-0.25, -0.2) is 0 Å². The standard InChI is InChI=1S/C13H11F3N2O/c14-13(15,16)10-5-7(17)1-2-9(10)12-4-3-8(18)6-11(12)19-12/h1-6,11H,17-18H2. The summed E-state index contributed by atoms with van der Waals surface area (Å²) in [5.74, 6) is 0. The number of allylic oxidation sites excluding steroid dienone is 1. The zero-order valence-electron chi connectivity index (χ0n) is 9.74. The van der Waals surface area contributed by atoms with E-state index in [1.165, 1.54) is 12.1 Å². The number of nitrogen functional groups attached to an aromatic ring is 1. The summed E-state index contributed by atoms with van der Waals surface area (Å²) in [4.78, 5) is 0. The van der Waals surface area contributed by atoms with E-state index < -0.39 is 23.4 Å². The van der Waals surface area contributed by atoms with Crippen molar-refractivity contribution in [1.29, 1.82) is 0 Å². The SMILES string of the molecule is NC1=CC2OC2(c2ccc(N)cc2C(F)(F)F)C=C1. The maximum Gasteiger partial charge on any atom is 0.416 e. The molecule has 1 aromatic carbocycles. The van der Waals surface area contributed by atoms with Crippen LogP contribution in [0.5, 0.6) is 0 Å². The first kappa shape index (κ1) is 12.1. The van der Waals surface area contributed by atoms with Gasteiger partial charge in [0.25, 0.3) is 0 Å². The average Bonchev–Trinajstić information content (AvgIpc) is 3.02. The fraction of sp³-hybridized carbons (Fsp3) is 0.231. The highest BCUT2D eigenvalue weighted by Crippen LogP contribution is 2.53. The Labute approximate surface area is 107 Å². The lowest BCUT2D eigenvalue weighted by molar-refractivity contribution is -0.138. The molecule has 100 valence electrons. The number of halogens is 3. The Bertz CT molecular complexity index is 606. The number of nitrogens with two attached hydrogens (primary N) is 2. The van der Waals surface area contributed by atoms with E-state index in [4.69, 9.17) is 16.2 Å². The van der Waals surface area contributed by atoms with Crippen LogP contribution in [0.15, 0.2) is 42.1 Å². The number of anilines is 1. The number of alkyl halides is 3. The van der Waals surface area contributed by atoms with Crippen LogP contribution < -0.4 is 11.5 Å². The molecule has 1 saturated heterocycles. The first-order valence-corrected chi connectivity index (χ1v) is 5.64. The van der Waals surface area contributed by atoms with Crippen LogP contribution in [0.4, 0.5) is 18.9 Å². The molecule has 1 aliphatic carbocycles. The van der Waals surface area contributed by atoms with Gasteiger partial charge in [-0.3, -0.25) is 0 Å². The largest absolute Gasteiger partial charge is 0.416 e. The van der Waals surface area contributed by atoms with Crippen molar-refractivity contribution in [2.45, 2.75) is 17.9 Å². The van der Waals surface area contributed by atoms with Crippen LogP contribution >= 0.6 is 0 Å². The van der Waals surface area contributed by atoms with Crippen LogP contribution in [-0.4, -0.2) is 6.10 Å². The Morgan fingerprint density at radius 3 is 2.58 bits per heavy atom. The molecule has 1 fully saturated rings. The third-order valence-electron chi connectivity index (χ3n) is 3.32. The molecule has 3 nitrogen and oxygen atoms in total. The summed E-state index contributed by atoms with van der Waals surface area (Å²) in [6, 6.07) is 3.73. The molecular formula is C13H11F3N2O. The number of hydrogen-bond donors (Lipinski definition) is 2. The third kappa shape index (κ3) is 1.79. The number of hydrogen-bond acceptors (Lipinski definition) is 3. The average molecular weight is 268 g/mol. The van der Waals surface area contributed by atoms with Gasteiger partial charge in [-0.05, 0) is 30.4 Å². The van der Waals surface area contributed by atoms with Crippen LogP contribution in [0.3, 0.4) is 0 Å². The second-order valence-corrected chi connectivity index (χ2v) is 4.63. The molecule has 2 aliphatic rings. The van der Waals surface area contributed by atoms with Gasteiger partial charge >= 0.3 is 6.18 Å². The van der Waals surface area contributed by atoms with E-state index in [0.29, 0.717) is 5.70 Å². The van der Waals surface area contributed by atoms with Crippen LogP contribution in [-0.2, 0) is 16.5 Å². The molecule has 6 heteroatoms. The van der Waals surface area contributed by atoms with Crippen molar-refractivity contribution in [2.75, 3.05) is 5.73 Å². The minimum Gasteiger partial charge on any atom is -0.399 e. The predicted molar refractivity (Wildman–Crippen MR) is 63.8 cm³/mol. The highest BCUT2D eigenvalue weighted by molar-refractivity contribution is 5.53. The zero-order valence-corrected chi connectivity index (χ0v) is 9.74. The molecule has 2 unspecified atom stereocenters. The van der Waals surface area contributed by atoms with Gasteiger partial charge in [0.15, 0.2) is 0 Å². The summed E-state index contributed by atoms with van der Waals surface area (Å²) in [5, 5.41) is 0. The number of rotatable bonds is 1. The van der Waals surface area contributed by atoms with E-state index in [-0.39, 0.29) is 11.3 Å². The molecule has 2 atom stereocenters. The fourth-order valence-electron chi connectivity index (χ4n) is 2.36. The zero-order chi connectivity index (χ0) is 13.8. The molecule has 0 amide bonds. The van der Waals surface area contributed by atoms with E-state index >= 15 is 0 Å². The quantitative estimate of drug-likeness (QED) is 0.606. The number of benzene rings is 1. The molecule has 0 bridgehead atoms. The maximum absolute atomic E-state index is 13.1. The lowest BCUT2D eigenvalue weighted by Crippen LogP contribution is -2.20. The van der Waals surface area contributed by atoms with Gasteiger partial charge < -0.3 is 16.2 Å². The van der Waals surface area contributed by atoms with Crippen LogP contribution in [0.2, 0.25) is 0 Å². The monoisotopic (exact) mass is 268 g/mol. The van der Waals surface area contributed by atoms with Crippen LogP contribution in [0, 0.1) is 0 Å². The molecule has 1 heterocycles. The Morgan fingerprint density at radius 1 is 1.21 bits per heavy atom. The minimum absolute atomic E-state index is 0.0687. The van der Waals surface area contributed by atoms with Crippen molar-refractivity contribution in [3.63, 3.8) is 0 Å². The molecule has 0 aromatic heterocycles. The Kier molecular flexibility index (Phi) is 2.25. The highest BCUT2D eigenvalue weighted by atomic mass is 19.4. The van der Waals surface area contributed by atoms with Crippen molar-refractivity contribution in [3.8, 4) is 0 Å². The van der Waals surface area contributed by atoms with Crippen molar-refractivity contribution < 1.29 is 17.9 Å². The third-order valence-corrected chi connectivity index (χ3v) is 3.32. The normalized spacial score (nSPS) is 28.8. The molecule has 3 rings (SSSR count). The predicted octanol–water partition coefficient (Wildman–Crippen LogP) is 2.29. The van der Waals surface area contributed by atoms with E-state index in [0.717, 1.165) is 6.07 Å². The smallest absolute Gasteiger partial charge is 0.399 e. The number of ether oxygens (including phenoxy) is 1. The highest BCUT2D eigenvalue weighted by Gasteiger charge is 2.58. The van der Waals surface area contributed by atoms with Crippen LogP contribution in [0.1, 0.15) is 11.1 Å². The van der Waals surface area contributed by atoms with Crippen molar-refractivity contribution >= 4 is 5.69 Å². The maximum atomic E-state index is 13.1. The Morgan fingerprint density at radius 2 is 1.95 bits per heavy atom. The number of fused-ring (bicyclic) bond motifs is 1. The second kappa shape index (κ2) is 3.54. The molecule has 19 heavy (non-hydrogen) atoms. The van der Waals surface area contributed by atoms with Crippen molar-refractivity contribution in [2.24, 2.45) is 5.73 Å². The lowest BCUT2D eigenvalue weighted by Gasteiger charge is -2.18. The first-order chi connectivity index (χ1) is 8.83. The summed E-state index contributed by atoms with van der Waals surface area (Å²) >= 11 is 0. The van der Waals surface area contributed by atoms with Gasteiger partial charge in [0.2, 0.25) is 0 Å². The van der Waals surface area contributed by atoms with E-state index in [9.17, 15) is 13.2 Å². The molecule has 0 radical (unpaired) electrons. The summed E-state index contributed by atoms with van der Waals surface area (Å²) < 4.78 is 44.6. The summed E-state index contributed by atoms with van der Waals surface area (Å²) in [6.45, 7) is 0. The minimum atomic E-state index is -4.48. The van der Waals surface area contributed by atoms with Gasteiger partial charge in [-0.1, -0.05) is 6.07 Å². The lowest BCUT2D eigenvalue weighted by atomic mass is 9.87. The van der Waals surface area contributed by atoms with Gasteiger partial charge in [-0.2, -0.15) is 13.2 Å². The van der Waals surface area contributed by atoms with Gasteiger partial charge in [0.05, 0.1) is 5.56 Å². The molecule has 0 saturated carbocycles. The van der Waals surface area contributed by atoms with Crippen molar-refractivity contribution in [3.05, 3.63) is 53.3 Å².